The van der Waals surface area contributed by atoms with E-state index >= 15 is 0 Å². The number of rotatable bonds is 7. The van der Waals surface area contributed by atoms with E-state index in [9.17, 15) is 0 Å². The minimum absolute atomic E-state index is 1.07. The Bertz CT molecular complexity index is 1840. The predicted octanol–water partition coefficient (Wildman–Crippen LogP) is 9.87. The molecule has 0 aliphatic heterocycles. The van der Waals surface area contributed by atoms with Gasteiger partial charge in [-0.05, 0) is 69.8 Å². The van der Waals surface area contributed by atoms with Gasteiger partial charge in [0.25, 0.3) is 0 Å². The molecule has 0 amide bonds. The molecule has 41 heavy (non-hydrogen) atoms. The Kier molecular flexibility index (Phi) is 6.66. The Balaban J connectivity index is 1.35. The molecule has 0 spiro atoms. The molecular formula is C39H33N2+. The maximum atomic E-state index is 2.40. The summed E-state index contributed by atoms with van der Waals surface area (Å²) in [7, 11) is 0. The molecule has 0 N–H and O–H groups in total. The van der Waals surface area contributed by atoms with Crippen LogP contribution in [0, 0.1) is 0 Å². The summed E-state index contributed by atoms with van der Waals surface area (Å²) in [6, 6.07) is 48.5. The molecule has 7 rings (SSSR count). The molecule has 2 aromatic heterocycles. The predicted molar refractivity (Wildman–Crippen MR) is 172 cm³/mol. The van der Waals surface area contributed by atoms with E-state index in [2.05, 4.69) is 162 Å². The van der Waals surface area contributed by atoms with E-state index < -0.39 is 0 Å². The van der Waals surface area contributed by atoms with Crippen molar-refractivity contribution in [3.8, 4) is 39.1 Å². The van der Waals surface area contributed by atoms with Crippen LogP contribution in [0.25, 0.3) is 60.9 Å². The molecule has 0 radical (unpaired) electrons. The maximum absolute atomic E-state index is 2.40. The second kappa shape index (κ2) is 10.9. The van der Waals surface area contributed by atoms with E-state index in [0.717, 1.165) is 6.54 Å². The van der Waals surface area contributed by atoms with Crippen LogP contribution in [0.15, 0.2) is 146 Å². The fourth-order valence-corrected chi connectivity index (χ4v) is 5.86. The van der Waals surface area contributed by atoms with E-state index in [4.69, 9.17) is 0 Å². The first kappa shape index (κ1) is 25.0. The summed E-state index contributed by atoms with van der Waals surface area (Å²) in [5.74, 6) is 0. The Morgan fingerprint density at radius 3 is 1.46 bits per heavy atom. The van der Waals surface area contributed by atoms with Crippen molar-refractivity contribution in [3.63, 3.8) is 0 Å². The van der Waals surface area contributed by atoms with Crippen molar-refractivity contribution in [2.24, 2.45) is 0 Å². The number of fused-ring (bicyclic) bond motifs is 3. The van der Waals surface area contributed by atoms with Gasteiger partial charge in [-0.15, -0.1) is 0 Å². The lowest BCUT2D eigenvalue weighted by atomic mass is 10.0. The SMILES string of the molecule is CCCC[n+]1ccc(-c2ccc(-n3c4ccc(-c5ccccc5)cc4c4cc(-c5ccccc5)ccc43)cc2)cc1. The number of aryl methyl sites for hydroxylation is 1. The Hall–Kier alpha value is -4.95. The molecular weight excluding hydrogens is 496 g/mol. The molecule has 2 heteroatoms. The topological polar surface area (TPSA) is 8.81 Å². The summed E-state index contributed by atoms with van der Waals surface area (Å²) in [6.07, 6.45) is 6.80. The molecule has 0 unspecified atom stereocenters. The molecule has 0 saturated heterocycles. The number of aromatic nitrogens is 2. The zero-order valence-corrected chi connectivity index (χ0v) is 23.4. The first-order valence-electron chi connectivity index (χ1n) is 14.6. The molecule has 0 fully saturated rings. The van der Waals surface area contributed by atoms with Crippen LogP contribution in [0.1, 0.15) is 19.8 Å². The molecule has 0 aliphatic carbocycles. The van der Waals surface area contributed by atoms with E-state index in [1.54, 1.807) is 0 Å². The highest BCUT2D eigenvalue weighted by atomic mass is 15.0. The third kappa shape index (κ3) is 4.83. The lowest BCUT2D eigenvalue weighted by Crippen LogP contribution is -2.32. The van der Waals surface area contributed by atoms with Crippen molar-refractivity contribution in [3.05, 3.63) is 146 Å². The number of hydrogen-bond donors (Lipinski definition) is 0. The van der Waals surface area contributed by atoms with E-state index in [1.165, 1.54) is 73.7 Å². The summed E-state index contributed by atoms with van der Waals surface area (Å²) < 4.78 is 4.68. The Labute approximate surface area is 241 Å². The van der Waals surface area contributed by atoms with Crippen molar-refractivity contribution in [2.75, 3.05) is 0 Å². The fraction of sp³-hybridized carbons (Fsp3) is 0.103. The number of nitrogens with zero attached hydrogens (tertiary/aromatic N) is 2. The molecule has 0 bridgehead atoms. The van der Waals surface area contributed by atoms with Crippen LogP contribution in [0.3, 0.4) is 0 Å². The first-order chi connectivity index (χ1) is 20.3. The normalized spacial score (nSPS) is 11.3. The van der Waals surface area contributed by atoms with Crippen molar-refractivity contribution in [1.82, 2.24) is 4.57 Å². The van der Waals surface area contributed by atoms with Crippen LogP contribution in [0.2, 0.25) is 0 Å². The van der Waals surface area contributed by atoms with E-state index in [1.807, 2.05) is 0 Å². The number of hydrogen-bond acceptors (Lipinski definition) is 0. The summed E-state index contributed by atoms with van der Waals surface area (Å²) in [5.41, 5.74) is 11.0. The van der Waals surface area contributed by atoms with Gasteiger partial charge < -0.3 is 4.57 Å². The molecule has 2 nitrogen and oxygen atoms in total. The largest absolute Gasteiger partial charge is 0.309 e. The van der Waals surface area contributed by atoms with Gasteiger partial charge in [-0.3, -0.25) is 0 Å². The lowest BCUT2D eigenvalue weighted by molar-refractivity contribution is -0.697. The molecule has 2 heterocycles. The minimum Gasteiger partial charge on any atom is -0.309 e. The number of unbranched alkanes of at least 4 members (excludes halogenated alkanes) is 1. The highest BCUT2D eigenvalue weighted by Gasteiger charge is 2.15. The molecule has 0 atom stereocenters. The van der Waals surface area contributed by atoms with Crippen molar-refractivity contribution >= 4 is 21.8 Å². The second-order valence-corrected chi connectivity index (χ2v) is 10.8. The highest BCUT2D eigenvalue weighted by Crippen LogP contribution is 2.37. The molecule has 0 aliphatic rings. The van der Waals surface area contributed by atoms with Gasteiger partial charge >= 0.3 is 0 Å². The zero-order valence-electron chi connectivity index (χ0n) is 23.4. The molecule has 7 aromatic rings. The molecule has 0 saturated carbocycles. The van der Waals surface area contributed by atoms with Gasteiger partial charge in [0.1, 0.15) is 6.54 Å². The van der Waals surface area contributed by atoms with Crippen LogP contribution in [0.4, 0.5) is 0 Å². The van der Waals surface area contributed by atoms with Gasteiger partial charge in [0.15, 0.2) is 12.4 Å². The summed E-state index contributed by atoms with van der Waals surface area (Å²) in [6.45, 7) is 3.31. The van der Waals surface area contributed by atoms with Crippen LogP contribution in [-0.4, -0.2) is 4.57 Å². The first-order valence-corrected chi connectivity index (χ1v) is 14.6. The van der Waals surface area contributed by atoms with Crippen molar-refractivity contribution < 1.29 is 4.57 Å². The van der Waals surface area contributed by atoms with Gasteiger partial charge in [0, 0.05) is 35.0 Å². The average Bonchev–Trinajstić information content (AvgIpc) is 3.38. The van der Waals surface area contributed by atoms with Crippen molar-refractivity contribution in [1.29, 1.82) is 0 Å². The van der Waals surface area contributed by atoms with E-state index in [-0.39, 0.29) is 0 Å². The standard InChI is InChI=1S/C39H33N2/c1-2-3-24-40-25-22-32(23-26-40)31-14-18-35(19-15-31)41-38-20-16-33(29-10-6-4-7-11-29)27-36(38)37-28-34(17-21-39(37)41)30-12-8-5-9-13-30/h4-23,25-28H,2-3,24H2,1H3/q+1. The summed E-state index contributed by atoms with van der Waals surface area (Å²) >= 11 is 0. The second-order valence-electron chi connectivity index (χ2n) is 10.8. The van der Waals surface area contributed by atoms with Gasteiger partial charge in [-0.1, -0.05) is 98.3 Å². The van der Waals surface area contributed by atoms with Crippen LogP contribution < -0.4 is 4.57 Å². The Morgan fingerprint density at radius 1 is 0.488 bits per heavy atom. The third-order valence-corrected chi connectivity index (χ3v) is 8.10. The number of benzene rings is 5. The quantitative estimate of drug-likeness (QED) is 0.182. The van der Waals surface area contributed by atoms with Crippen LogP contribution in [0.5, 0.6) is 0 Å². The van der Waals surface area contributed by atoms with Gasteiger partial charge in [-0.25, -0.2) is 4.57 Å². The fourth-order valence-electron chi connectivity index (χ4n) is 5.86. The average molecular weight is 530 g/mol. The van der Waals surface area contributed by atoms with E-state index in [0.29, 0.717) is 0 Å². The van der Waals surface area contributed by atoms with Crippen LogP contribution in [-0.2, 0) is 6.54 Å². The lowest BCUT2D eigenvalue weighted by Gasteiger charge is -2.10. The summed E-state index contributed by atoms with van der Waals surface area (Å²) in [5, 5.41) is 2.53. The van der Waals surface area contributed by atoms with Gasteiger partial charge in [0.2, 0.25) is 0 Å². The van der Waals surface area contributed by atoms with Gasteiger partial charge in [0.05, 0.1) is 11.0 Å². The third-order valence-electron chi connectivity index (χ3n) is 8.10. The Morgan fingerprint density at radius 2 is 0.951 bits per heavy atom. The smallest absolute Gasteiger partial charge is 0.169 e. The minimum atomic E-state index is 1.07. The maximum Gasteiger partial charge on any atom is 0.169 e. The molecule has 198 valence electrons. The van der Waals surface area contributed by atoms with Gasteiger partial charge in [-0.2, -0.15) is 0 Å². The monoisotopic (exact) mass is 529 g/mol. The summed E-state index contributed by atoms with van der Waals surface area (Å²) in [4.78, 5) is 0. The molecule has 5 aromatic carbocycles. The van der Waals surface area contributed by atoms with Crippen LogP contribution >= 0.6 is 0 Å². The van der Waals surface area contributed by atoms with Crippen molar-refractivity contribution in [2.45, 2.75) is 26.3 Å². The number of pyridine rings is 1. The highest BCUT2D eigenvalue weighted by molar-refractivity contribution is 6.11. The zero-order chi connectivity index (χ0) is 27.6.